The number of amides is 1. The fraction of sp³-hybridized carbons (Fsp3) is 0.231. The summed E-state index contributed by atoms with van der Waals surface area (Å²) < 4.78 is 36.1. The second-order valence-electron chi connectivity index (χ2n) is 5.08. The van der Waals surface area contributed by atoms with Gasteiger partial charge in [0.05, 0.1) is 4.90 Å². The molecule has 0 saturated heterocycles. The monoisotopic (exact) mass is 370 g/mol. The Morgan fingerprint density at radius 3 is 2.50 bits per heavy atom. The molecule has 0 aliphatic carbocycles. The highest BCUT2D eigenvalue weighted by molar-refractivity contribution is 8.00. The second kappa shape index (κ2) is 5.60. The first-order chi connectivity index (χ1) is 11.2. The van der Waals surface area contributed by atoms with Crippen molar-refractivity contribution >= 4 is 33.3 Å². The maximum Gasteiger partial charge on any atom is 0.271 e. The second-order valence-corrected chi connectivity index (χ2v) is 8.07. The summed E-state index contributed by atoms with van der Waals surface area (Å²) in [6, 6.07) is 2.96. The van der Waals surface area contributed by atoms with Crippen LogP contribution in [0.15, 0.2) is 27.1 Å². The van der Waals surface area contributed by atoms with E-state index in [0.717, 1.165) is 18.0 Å². The van der Waals surface area contributed by atoms with Crippen LogP contribution in [0.2, 0.25) is 0 Å². The summed E-state index contributed by atoms with van der Waals surface area (Å²) in [6.07, 6.45) is 1.09. The Hall–Kier alpha value is -2.40. The minimum absolute atomic E-state index is 0.0217. The fourth-order valence-corrected chi connectivity index (χ4v) is 4.35. The number of imidazole rings is 1. The van der Waals surface area contributed by atoms with Crippen molar-refractivity contribution in [1.29, 1.82) is 0 Å². The first kappa shape index (κ1) is 16.5. The molecule has 1 amide bonds. The van der Waals surface area contributed by atoms with Gasteiger partial charge in [-0.1, -0.05) is 11.8 Å². The Balaban J connectivity index is 2.11. The van der Waals surface area contributed by atoms with Crippen molar-refractivity contribution in [2.24, 2.45) is 12.8 Å². The smallest absolute Gasteiger partial charge is 0.271 e. The number of hydrogen-bond acceptors (Lipinski definition) is 8. The van der Waals surface area contributed by atoms with Crippen LogP contribution in [0.1, 0.15) is 10.5 Å². The molecule has 4 N–H and O–H groups in total. The zero-order chi connectivity index (χ0) is 17.6. The number of nitrogens with two attached hydrogens (primary N) is 2. The van der Waals surface area contributed by atoms with Crippen LogP contribution in [0.5, 0.6) is 11.5 Å². The molecule has 0 radical (unpaired) electrons. The minimum atomic E-state index is -3.52. The number of primary amides is 1. The molecule has 0 unspecified atom stereocenters. The van der Waals surface area contributed by atoms with E-state index in [9.17, 15) is 13.2 Å². The molecule has 1 aromatic carbocycles. The molecule has 0 bridgehead atoms. The van der Waals surface area contributed by atoms with E-state index in [-0.39, 0.29) is 23.2 Å². The van der Waals surface area contributed by atoms with Crippen molar-refractivity contribution < 1.29 is 22.7 Å². The molecule has 3 rings (SSSR count). The summed E-state index contributed by atoms with van der Waals surface area (Å²) in [5, 5.41) is 0.324. The Kier molecular flexibility index (Phi) is 3.84. The molecule has 128 valence electrons. The van der Waals surface area contributed by atoms with Gasteiger partial charge in [-0.3, -0.25) is 4.79 Å². The van der Waals surface area contributed by atoms with E-state index in [4.69, 9.17) is 20.9 Å². The third-order valence-electron chi connectivity index (χ3n) is 3.37. The number of carbonyl (C=O) groups is 1. The van der Waals surface area contributed by atoms with E-state index in [1.807, 2.05) is 0 Å². The number of carbonyl (C=O) groups excluding carboxylic acids is 1. The average molecular weight is 370 g/mol. The molecular formula is C13H14N4O5S2. The summed E-state index contributed by atoms with van der Waals surface area (Å²) in [5.41, 5.74) is 11.0. The number of nitrogens with zero attached hydrogens (tertiary/aromatic N) is 2. The summed E-state index contributed by atoms with van der Waals surface area (Å²) >= 11 is 1.04. The van der Waals surface area contributed by atoms with Gasteiger partial charge in [-0.15, -0.1) is 0 Å². The van der Waals surface area contributed by atoms with Crippen LogP contribution in [-0.2, 0) is 16.9 Å². The molecule has 0 atom stereocenters. The van der Waals surface area contributed by atoms with Crippen molar-refractivity contribution in [3.05, 3.63) is 17.8 Å². The lowest BCUT2D eigenvalue weighted by atomic mass is 10.3. The highest BCUT2D eigenvalue weighted by Gasteiger charge is 2.25. The maximum atomic E-state index is 12.1. The van der Waals surface area contributed by atoms with Crippen LogP contribution in [0.25, 0.3) is 0 Å². The third-order valence-corrected chi connectivity index (χ3v) is 5.74. The quantitative estimate of drug-likeness (QED) is 0.787. The minimum Gasteiger partial charge on any atom is -0.454 e. The van der Waals surface area contributed by atoms with E-state index in [0.29, 0.717) is 21.6 Å². The molecule has 1 aliphatic rings. The molecule has 1 aromatic heterocycles. The molecule has 0 spiro atoms. The normalized spacial score (nSPS) is 13.2. The lowest BCUT2D eigenvalue weighted by molar-refractivity contribution is 0.0996. The van der Waals surface area contributed by atoms with Gasteiger partial charge in [-0.05, 0) is 6.07 Å². The summed E-state index contributed by atoms with van der Waals surface area (Å²) in [5.74, 6) is 0.134. The number of ether oxygens (including phenoxy) is 2. The predicted octanol–water partition coefficient (Wildman–Crippen LogP) is 0.385. The van der Waals surface area contributed by atoms with Gasteiger partial charge in [0.15, 0.2) is 32.2 Å². The van der Waals surface area contributed by atoms with E-state index in [1.54, 1.807) is 13.1 Å². The van der Waals surface area contributed by atoms with Crippen LogP contribution in [0.3, 0.4) is 0 Å². The van der Waals surface area contributed by atoms with Crippen molar-refractivity contribution in [2.75, 3.05) is 18.8 Å². The standard InChI is InChI=1S/C13H14N4O5S2/c1-17-11(14)10(12(15)18)16-13(17)23-8-3-6-7(22-5-21-6)4-9(8)24(2,19)20/h3-4H,5,14H2,1-2H3,(H2,15,18). The van der Waals surface area contributed by atoms with Crippen LogP contribution in [0.4, 0.5) is 5.82 Å². The number of anilines is 1. The highest BCUT2D eigenvalue weighted by atomic mass is 32.2. The van der Waals surface area contributed by atoms with Crippen molar-refractivity contribution in [3.63, 3.8) is 0 Å². The van der Waals surface area contributed by atoms with Crippen LogP contribution in [0, 0.1) is 0 Å². The number of benzene rings is 1. The highest BCUT2D eigenvalue weighted by Crippen LogP contribution is 2.42. The first-order valence-electron chi connectivity index (χ1n) is 6.62. The maximum absolute atomic E-state index is 12.1. The number of rotatable bonds is 4. The summed E-state index contributed by atoms with van der Waals surface area (Å²) in [6.45, 7) is 0.0217. The van der Waals surface area contributed by atoms with Gasteiger partial charge in [-0.2, -0.15) is 0 Å². The lowest BCUT2D eigenvalue weighted by Crippen LogP contribution is -2.14. The van der Waals surface area contributed by atoms with E-state index < -0.39 is 15.7 Å². The molecule has 2 aromatic rings. The number of hydrogen-bond donors (Lipinski definition) is 2. The van der Waals surface area contributed by atoms with Crippen LogP contribution in [-0.4, -0.2) is 36.9 Å². The van der Waals surface area contributed by atoms with Gasteiger partial charge < -0.3 is 25.5 Å². The SMILES string of the molecule is Cn1c(Sc2cc3c(cc2S(C)(=O)=O)OCO3)nc(C(N)=O)c1N. The third kappa shape index (κ3) is 2.76. The summed E-state index contributed by atoms with van der Waals surface area (Å²) in [4.78, 5) is 15.9. The van der Waals surface area contributed by atoms with Gasteiger partial charge >= 0.3 is 0 Å². The molecule has 9 nitrogen and oxygen atoms in total. The lowest BCUT2D eigenvalue weighted by Gasteiger charge is -2.09. The van der Waals surface area contributed by atoms with Crippen LogP contribution < -0.4 is 20.9 Å². The summed E-state index contributed by atoms with van der Waals surface area (Å²) in [7, 11) is -1.92. The Morgan fingerprint density at radius 2 is 1.96 bits per heavy atom. The zero-order valence-electron chi connectivity index (χ0n) is 12.8. The molecule has 11 heteroatoms. The molecule has 24 heavy (non-hydrogen) atoms. The topological polar surface area (TPSA) is 140 Å². The van der Waals surface area contributed by atoms with Gasteiger partial charge in [0.25, 0.3) is 5.91 Å². The first-order valence-corrected chi connectivity index (χ1v) is 9.33. The molecule has 2 heterocycles. The Bertz CT molecular complexity index is 952. The number of fused-ring (bicyclic) bond motifs is 1. The Morgan fingerprint density at radius 1 is 1.33 bits per heavy atom. The Labute approximate surface area is 141 Å². The van der Waals surface area contributed by atoms with Gasteiger partial charge in [0, 0.05) is 24.3 Å². The average Bonchev–Trinajstić information content (AvgIpc) is 3.04. The fourth-order valence-electron chi connectivity index (χ4n) is 2.13. The largest absolute Gasteiger partial charge is 0.454 e. The van der Waals surface area contributed by atoms with E-state index in [1.165, 1.54) is 10.6 Å². The predicted molar refractivity (Wildman–Crippen MR) is 85.9 cm³/mol. The van der Waals surface area contributed by atoms with Gasteiger partial charge in [0.2, 0.25) is 6.79 Å². The molecule has 0 saturated carbocycles. The number of aromatic nitrogens is 2. The molecule has 0 fully saturated rings. The van der Waals surface area contributed by atoms with E-state index in [2.05, 4.69) is 4.98 Å². The van der Waals surface area contributed by atoms with Crippen LogP contribution >= 0.6 is 11.8 Å². The number of sulfone groups is 1. The van der Waals surface area contributed by atoms with Crippen molar-refractivity contribution in [2.45, 2.75) is 14.9 Å². The van der Waals surface area contributed by atoms with Crippen molar-refractivity contribution in [3.8, 4) is 11.5 Å². The number of nitrogen functional groups attached to an aromatic ring is 1. The zero-order valence-corrected chi connectivity index (χ0v) is 14.4. The molecule has 1 aliphatic heterocycles. The van der Waals surface area contributed by atoms with Gasteiger partial charge in [0.1, 0.15) is 5.82 Å². The molecular weight excluding hydrogens is 356 g/mol. The van der Waals surface area contributed by atoms with Gasteiger partial charge in [-0.25, -0.2) is 13.4 Å². The van der Waals surface area contributed by atoms with E-state index >= 15 is 0 Å². The van der Waals surface area contributed by atoms with Crippen molar-refractivity contribution in [1.82, 2.24) is 9.55 Å².